The Kier molecular flexibility index (Phi) is 3.10. The molecule has 0 aliphatic rings. The highest BCUT2D eigenvalue weighted by molar-refractivity contribution is 7.85. The van der Waals surface area contributed by atoms with E-state index in [9.17, 15) is 8.42 Å². The van der Waals surface area contributed by atoms with Gasteiger partial charge in [-0.25, -0.2) is 0 Å². The van der Waals surface area contributed by atoms with Gasteiger partial charge in [-0.2, -0.15) is 8.42 Å². The Balaban J connectivity index is 3.37. The summed E-state index contributed by atoms with van der Waals surface area (Å²) in [7, 11) is -2.83. The van der Waals surface area contributed by atoms with E-state index < -0.39 is 10.1 Å². The molecule has 78 valence electrons. The number of hydrogen-bond donors (Lipinski definition) is 2. The Morgan fingerprint density at radius 1 is 1.50 bits per heavy atom. The van der Waals surface area contributed by atoms with Gasteiger partial charge in [0.25, 0.3) is 10.1 Å². The summed E-state index contributed by atoms with van der Waals surface area (Å²) in [5.74, 6) is 0.356. The van der Waals surface area contributed by atoms with Crippen molar-refractivity contribution in [2.75, 3.05) is 7.11 Å². The maximum atomic E-state index is 10.9. The molecule has 0 amide bonds. The van der Waals surface area contributed by atoms with E-state index in [1.807, 2.05) is 0 Å². The van der Waals surface area contributed by atoms with Crippen molar-refractivity contribution in [2.24, 2.45) is 5.73 Å². The van der Waals surface area contributed by atoms with Crippen molar-refractivity contribution in [2.45, 2.75) is 11.4 Å². The molecule has 0 spiro atoms. The van der Waals surface area contributed by atoms with E-state index in [2.05, 4.69) is 0 Å². The summed E-state index contributed by atoms with van der Waals surface area (Å²) >= 11 is 0. The van der Waals surface area contributed by atoms with Crippen LogP contribution >= 0.6 is 0 Å². The molecule has 0 aromatic heterocycles. The van der Waals surface area contributed by atoms with E-state index in [4.69, 9.17) is 15.0 Å². The lowest BCUT2D eigenvalue weighted by molar-refractivity contribution is 0.412. The first-order valence-electron chi connectivity index (χ1n) is 3.83. The van der Waals surface area contributed by atoms with Crippen molar-refractivity contribution < 1.29 is 17.7 Å². The van der Waals surface area contributed by atoms with Crippen LogP contribution in [-0.2, 0) is 16.7 Å². The third-order valence-electron chi connectivity index (χ3n) is 1.77. The van der Waals surface area contributed by atoms with Crippen molar-refractivity contribution in [1.29, 1.82) is 0 Å². The summed E-state index contributed by atoms with van der Waals surface area (Å²) in [6.45, 7) is 0.0408. The predicted molar refractivity (Wildman–Crippen MR) is 50.7 cm³/mol. The molecule has 0 saturated heterocycles. The molecule has 0 fully saturated rings. The summed E-state index contributed by atoms with van der Waals surface area (Å²) in [6, 6.07) is 4.32. The summed E-state index contributed by atoms with van der Waals surface area (Å²) in [5, 5.41) is 0. The summed E-state index contributed by atoms with van der Waals surface area (Å²) in [6.07, 6.45) is 0. The van der Waals surface area contributed by atoms with E-state index in [1.165, 1.54) is 19.2 Å². The van der Waals surface area contributed by atoms with Crippen LogP contribution in [0.2, 0.25) is 0 Å². The van der Waals surface area contributed by atoms with E-state index in [1.54, 1.807) is 6.07 Å². The number of rotatable bonds is 3. The molecule has 0 unspecified atom stereocenters. The van der Waals surface area contributed by atoms with Crippen LogP contribution in [0.4, 0.5) is 0 Å². The van der Waals surface area contributed by atoms with Gasteiger partial charge < -0.3 is 10.5 Å². The van der Waals surface area contributed by atoms with E-state index in [0.29, 0.717) is 11.3 Å². The topological polar surface area (TPSA) is 89.6 Å². The lowest BCUT2D eigenvalue weighted by Crippen LogP contribution is -2.07. The quantitative estimate of drug-likeness (QED) is 0.715. The first-order chi connectivity index (χ1) is 6.49. The minimum absolute atomic E-state index is 0.0408. The molecule has 0 aliphatic carbocycles. The predicted octanol–water partition coefficient (Wildman–Crippen LogP) is 0.401. The third kappa shape index (κ3) is 2.22. The van der Waals surface area contributed by atoms with Crippen molar-refractivity contribution in [3.05, 3.63) is 23.8 Å². The summed E-state index contributed by atoms with van der Waals surface area (Å²) in [4.78, 5) is -0.209. The largest absolute Gasteiger partial charge is 0.497 e. The van der Waals surface area contributed by atoms with Crippen molar-refractivity contribution >= 4 is 10.1 Å². The van der Waals surface area contributed by atoms with Gasteiger partial charge in [-0.1, -0.05) is 6.07 Å². The van der Waals surface area contributed by atoms with E-state index >= 15 is 0 Å². The fourth-order valence-electron chi connectivity index (χ4n) is 1.07. The van der Waals surface area contributed by atoms with E-state index in [0.717, 1.165) is 0 Å². The van der Waals surface area contributed by atoms with Crippen LogP contribution in [0.1, 0.15) is 5.56 Å². The van der Waals surface area contributed by atoms with Crippen molar-refractivity contribution in [3.63, 3.8) is 0 Å². The summed E-state index contributed by atoms with van der Waals surface area (Å²) < 4.78 is 35.6. The number of methoxy groups -OCH3 is 1. The Morgan fingerprint density at radius 2 is 2.14 bits per heavy atom. The number of benzene rings is 1. The zero-order valence-corrected chi connectivity index (χ0v) is 8.41. The lowest BCUT2D eigenvalue weighted by atomic mass is 10.2. The highest BCUT2D eigenvalue weighted by atomic mass is 32.2. The highest BCUT2D eigenvalue weighted by Gasteiger charge is 2.15. The van der Waals surface area contributed by atoms with Crippen LogP contribution in [0.3, 0.4) is 0 Å². The van der Waals surface area contributed by atoms with Crippen LogP contribution < -0.4 is 10.5 Å². The minimum atomic E-state index is -4.24. The lowest BCUT2D eigenvalue weighted by Gasteiger charge is -2.06. The fraction of sp³-hybridized carbons (Fsp3) is 0.250. The van der Waals surface area contributed by atoms with Gasteiger partial charge in [0.05, 0.1) is 7.11 Å². The van der Waals surface area contributed by atoms with E-state index in [-0.39, 0.29) is 11.4 Å². The molecule has 14 heavy (non-hydrogen) atoms. The Bertz CT molecular complexity index is 427. The standard InChI is InChI=1S/C8H11NO4S/c1-13-7-3-2-6(5-9)8(4-7)14(10,11)12/h2-4H,5,9H2,1H3,(H,10,11,12). The Hall–Kier alpha value is -1.11. The number of nitrogens with two attached hydrogens (primary N) is 1. The second-order valence-electron chi connectivity index (χ2n) is 2.65. The van der Waals surface area contributed by atoms with Gasteiger partial charge in [0.15, 0.2) is 0 Å². The maximum absolute atomic E-state index is 10.9. The second kappa shape index (κ2) is 3.95. The van der Waals surface area contributed by atoms with Gasteiger partial charge in [0.1, 0.15) is 10.6 Å². The van der Waals surface area contributed by atoms with Crippen LogP contribution in [0, 0.1) is 0 Å². The molecule has 0 radical (unpaired) electrons. The SMILES string of the molecule is COc1ccc(CN)c(S(=O)(=O)O)c1. The molecule has 0 atom stereocenters. The Labute approximate surface area is 82.2 Å². The van der Waals surface area contributed by atoms with Crippen LogP contribution in [-0.4, -0.2) is 20.1 Å². The van der Waals surface area contributed by atoms with Gasteiger partial charge >= 0.3 is 0 Å². The second-order valence-corrected chi connectivity index (χ2v) is 4.04. The molecule has 0 bridgehead atoms. The van der Waals surface area contributed by atoms with Crippen LogP contribution in [0.5, 0.6) is 5.75 Å². The molecule has 1 rings (SSSR count). The molecule has 1 aromatic carbocycles. The molecule has 3 N–H and O–H groups in total. The molecule has 1 aromatic rings. The van der Waals surface area contributed by atoms with Gasteiger partial charge in [0.2, 0.25) is 0 Å². The Morgan fingerprint density at radius 3 is 2.57 bits per heavy atom. The monoisotopic (exact) mass is 217 g/mol. The molecule has 5 nitrogen and oxygen atoms in total. The van der Waals surface area contributed by atoms with Crippen molar-refractivity contribution in [1.82, 2.24) is 0 Å². The smallest absolute Gasteiger partial charge is 0.294 e. The zero-order chi connectivity index (χ0) is 10.8. The minimum Gasteiger partial charge on any atom is -0.497 e. The normalized spacial score (nSPS) is 11.4. The zero-order valence-electron chi connectivity index (χ0n) is 7.60. The molecular weight excluding hydrogens is 206 g/mol. The van der Waals surface area contributed by atoms with Crippen LogP contribution in [0.15, 0.2) is 23.1 Å². The third-order valence-corrected chi connectivity index (χ3v) is 2.71. The first kappa shape index (κ1) is 11.0. The van der Waals surface area contributed by atoms with Gasteiger partial charge in [0, 0.05) is 12.6 Å². The molecule has 0 aliphatic heterocycles. The molecule has 0 heterocycles. The molecular formula is C8H11NO4S. The highest BCUT2D eigenvalue weighted by Crippen LogP contribution is 2.21. The van der Waals surface area contributed by atoms with Gasteiger partial charge in [-0.15, -0.1) is 0 Å². The maximum Gasteiger partial charge on any atom is 0.294 e. The fourth-order valence-corrected chi connectivity index (χ4v) is 1.82. The van der Waals surface area contributed by atoms with Crippen molar-refractivity contribution in [3.8, 4) is 5.75 Å². The average Bonchev–Trinajstić information content (AvgIpc) is 2.15. The average molecular weight is 217 g/mol. The molecule has 6 heteroatoms. The van der Waals surface area contributed by atoms with Gasteiger partial charge in [-0.3, -0.25) is 4.55 Å². The summed E-state index contributed by atoms with van der Waals surface area (Å²) in [5.41, 5.74) is 5.68. The number of hydrogen-bond acceptors (Lipinski definition) is 4. The molecule has 0 saturated carbocycles. The first-order valence-corrected chi connectivity index (χ1v) is 5.27. The number of ether oxygens (including phenoxy) is 1. The van der Waals surface area contributed by atoms with Crippen LogP contribution in [0.25, 0.3) is 0 Å². The van der Waals surface area contributed by atoms with Gasteiger partial charge in [-0.05, 0) is 11.6 Å².